The molecule has 0 spiro atoms. The summed E-state index contributed by atoms with van der Waals surface area (Å²) in [6.07, 6.45) is 36.3. The topological polar surface area (TPSA) is 41.9 Å². The second-order valence-electron chi connectivity index (χ2n) is 15.4. The maximum atomic E-state index is 9.41. The molecule has 2 aliphatic rings. The van der Waals surface area contributed by atoms with Crippen molar-refractivity contribution in [2.45, 2.75) is 228 Å². The summed E-state index contributed by atoms with van der Waals surface area (Å²) < 4.78 is 13.3. The molecule has 0 aromatic rings. The SMILES string of the molecule is CCCCCCC1(CCCCCC)OCC(CCCCN(CCCCO)CCCCC2COC(CCCCCC)(CCCCCC)S2)S1. The van der Waals surface area contributed by atoms with Crippen molar-refractivity contribution in [3.63, 3.8) is 0 Å². The highest BCUT2D eigenvalue weighted by molar-refractivity contribution is 8.01. The summed E-state index contributed by atoms with van der Waals surface area (Å²) in [6.45, 7) is 15.1. The Kier molecular flexibility index (Phi) is 27.0. The van der Waals surface area contributed by atoms with Crippen molar-refractivity contribution in [2.75, 3.05) is 39.5 Å². The first-order valence-corrected chi connectivity index (χ1v) is 23.3. The summed E-state index contributed by atoms with van der Waals surface area (Å²) >= 11 is 4.43. The minimum absolute atomic E-state index is 0.106. The molecular weight excluding hydrogens is 631 g/mol. The highest BCUT2D eigenvalue weighted by Crippen LogP contribution is 2.48. The monoisotopic (exact) mass is 714 g/mol. The van der Waals surface area contributed by atoms with E-state index in [1.54, 1.807) is 0 Å². The molecule has 0 saturated carbocycles. The van der Waals surface area contributed by atoms with E-state index in [1.165, 1.54) is 180 Å². The van der Waals surface area contributed by atoms with E-state index in [4.69, 9.17) is 9.47 Å². The van der Waals surface area contributed by atoms with Gasteiger partial charge in [0.2, 0.25) is 0 Å². The Hall–Kier alpha value is 0.540. The van der Waals surface area contributed by atoms with Crippen LogP contribution in [-0.2, 0) is 9.47 Å². The predicted molar refractivity (Wildman–Crippen MR) is 216 cm³/mol. The van der Waals surface area contributed by atoms with Gasteiger partial charge < -0.3 is 19.5 Å². The predicted octanol–water partition coefficient (Wildman–Crippen LogP) is 12.9. The third-order valence-corrected chi connectivity index (χ3v) is 14.2. The zero-order valence-corrected chi connectivity index (χ0v) is 34.4. The molecule has 1 N–H and O–H groups in total. The van der Waals surface area contributed by atoms with E-state index in [9.17, 15) is 5.11 Å². The molecular formula is C42H83NO3S2. The van der Waals surface area contributed by atoms with Gasteiger partial charge in [-0.15, -0.1) is 23.5 Å². The average Bonchev–Trinajstić information content (AvgIpc) is 3.70. The van der Waals surface area contributed by atoms with Gasteiger partial charge in [0, 0.05) is 17.1 Å². The second kappa shape index (κ2) is 29.0. The Labute approximate surface area is 309 Å². The lowest BCUT2D eigenvalue weighted by Gasteiger charge is -2.28. The van der Waals surface area contributed by atoms with Gasteiger partial charge in [0.25, 0.3) is 0 Å². The van der Waals surface area contributed by atoms with Crippen molar-refractivity contribution in [2.24, 2.45) is 0 Å². The molecule has 286 valence electrons. The summed E-state index contributed by atoms with van der Waals surface area (Å²) in [5.41, 5.74) is 0. The average molecular weight is 714 g/mol. The van der Waals surface area contributed by atoms with Gasteiger partial charge in [-0.2, -0.15) is 0 Å². The summed E-state index contributed by atoms with van der Waals surface area (Å²) in [7, 11) is 0. The van der Waals surface area contributed by atoms with E-state index in [0.717, 1.165) is 32.6 Å². The number of rotatable bonds is 34. The number of unbranched alkanes of at least 4 members (excludes halogenated alkanes) is 15. The smallest absolute Gasteiger partial charge is 0.114 e. The number of ether oxygens (including phenoxy) is 2. The molecule has 0 aliphatic carbocycles. The standard InChI is InChI=1S/C42H83NO3S2/c1-5-9-13-19-29-41(30-20-14-10-6-2)45-37-39(47-41)27-17-23-33-43(35-25-26-36-44)34-24-18-28-40-38-46-42(48-40,31-21-15-11-7-3)32-22-16-12-8-4/h39-40,44H,5-38H2,1-4H3. The number of aliphatic hydroxyl groups excluding tert-OH is 1. The highest BCUT2D eigenvalue weighted by Gasteiger charge is 2.41. The lowest BCUT2D eigenvalue weighted by atomic mass is 10.0. The fraction of sp³-hybridized carbons (Fsp3) is 1.00. The minimum Gasteiger partial charge on any atom is -0.396 e. The van der Waals surface area contributed by atoms with Gasteiger partial charge >= 0.3 is 0 Å². The molecule has 48 heavy (non-hydrogen) atoms. The van der Waals surface area contributed by atoms with Crippen LogP contribution in [0.25, 0.3) is 0 Å². The Balaban J connectivity index is 1.73. The molecule has 2 unspecified atom stereocenters. The highest BCUT2D eigenvalue weighted by atomic mass is 32.2. The van der Waals surface area contributed by atoms with Gasteiger partial charge in [0.05, 0.1) is 13.2 Å². The molecule has 2 fully saturated rings. The van der Waals surface area contributed by atoms with Gasteiger partial charge in [-0.3, -0.25) is 0 Å². The summed E-state index contributed by atoms with van der Waals surface area (Å²) in [4.78, 5) is 2.92. The van der Waals surface area contributed by atoms with Crippen LogP contribution in [0.1, 0.15) is 207 Å². The largest absolute Gasteiger partial charge is 0.396 e. The lowest BCUT2D eigenvalue weighted by molar-refractivity contribution is 0.0285. The van der Waals surface area contributed by atoms with Crippen LogP contribution in [0.4, 0.5) is 0 Å². The van der Waals surface area contributed by atoms with Crippen LogP contribution in [0.15, 0.2) is 0 Å². The number of nitrogens with zero attached hydrogens (tertiary/aromatic N) is 1. The summed E-state index contributed by atoms with van der Waals surface area (Å²) in [5.74, 6) is 0. The molecule has 0 aromatic carbocycles. The third kappa shape index (κ3) is 20.0. The number of aliphatic hydroxyl groups is 1. The van der Waals surface area contributed by atoms with E-state index >= 15 is 0 Å². The molecule has 6 heteroatoms. The minimum atomic E-state index is 0.106. The van der Waals surface area contributed by atoms with Gasteiger partial charge in [0.1, 0.15) is 9.87 Å². The summed E-state index contributed by atoms with van der Waals surface area (Å²) in [5, 5.41) is 10.8. The number of hydrogen-bond acceptors (Lipinski definition) is 6. The normalized spacial score (nSPS) is 20.4. The van der Waals surface area contributed by atoms with Crippen LogP contribution >= 0.6 is 23.5 Å². The zero-order chi connectivity index (χ0) is 34.6. The van der Waals surface area contributed by atoms with Crippen molar-refractivity contribution in [3.8, 4) is 0 Å². The van der Waals surface area contributed by atoms with Gasteiger partial charge in [-0.05, 0) is 110 Å². The fourth-order valence-corrected chi connectivity index (χ4v) is 11.2. The van der Waals surface area contributed by atoms with E-state index in [2.05, 4.69) is 56.1 Å². The Morgan fingerprint density at radius 1 is 0.479 bits per heavy atom. The molecule has 0 aromatic heterocycles. The van der Waals surface area contributed by atoms with Gasteiger partial charge in [-0.1, -0.05) is 118 Å². The van der Waals surface area contributed by atoms with Crippen molar-refractivity contribution < 1.29 is 14.6 Å². The van der Waals surface area contributed by atoms with Crippen LogP contribution in [-0.4, -0.2) is 69.8 Å². The van der Waals surface area contributed by atoms with Crippen molar-refractivity contribution >= 4 is 23.5 Å². The fourth-order valence-electron chi connectivity index (χ4n) is 7.77. The van der Waals surface area contributed by atoms with Crippen LogP contribution in [0, 0.1) is 0 Å². The van der Waals surface area contributed by atoms with Gasteiger partial charge in [-0.25, -0.2) is 0 Å². The Morgan fingerprint density at radius 2 is 0.833 bits per heavy atom. The van der Waals surface area contributed by atoms with E-state index in [1.807, 2.05) is 0 Å². The Morgan fingerprint density at radius 3 is 1.17 bits per heavy atom. The van der Waals surface area contributed by atoms with E-state index < -0.39 is 0 Å². The van der Waals surface area contributed by atoms with Crippen LogP contribution < -0.4 is 0 Å². The molecule has 2 rings (SSSR count). The quantitative estimate of drug-likeness (QED) is 0.0670. The first kappa shape index (κ1) is 44.7. The molecule has 2 aliphatic heterocycles. The summed E-state index contributed by atoms with van der Waals surface area (Å²) in [6, 6.07) is 0. The lowest BCUT2D eigenvalue weighted by Crippen LogP contribution is -2.28. The zero-order valence-electron chi connectivity index (χ0n) is 32.7. The third-order valence-electron chi connectivity index (χ3n) is 10.9. The maximum absolute atomic E-state index is 9.41. The van der Waals surface area contributed by atoms with Crippen LogP contribution in [0.5, 0.6) is 0 Å². The molecule has 0 radical (unpaired) electrons. The molecule has 2 atom stereocenters. The molecule has 0 amide bonds. The number of thioether (sulfide) groups is 2. The Bertz CT molecular complexity index is 647. The van der Waals surface area contributed by atoms with Gasteiger partial charge in [0.15, 0.2) is 0 Å². The molecule has 2 saturated heterocycles. The maximum Gasteiger partial charge on any atom is 0.114 e. The first-order chi connectivity index (χ1) is 23.5. The van der Waals surface area contributed by atoms with Crippen LogP contribution in [0.3, 0.4) is 0 Å². The van der Waals surface area contributed by atoms with E-state index in [0.29, 0.717) is 17.1 Å². The second-order valence-corrected chi connectivity index (χ2v) is 18.7. The van der Waals surface area contributed by atoms with Crippen LogP contribution in [0.2, 0.25) is 0 Å². The molecule has 2 heterocycles. The number of hydrogen-bond donors (Lipinski definition) is 1. The van der Waals surface area contributed by atoms with Crippen molar-refractivity contribution in [1.29, 1.82) is 0 Å². The van der Waals surface area contributed by atoms with Crippen molar-refractivity contribution in [1.82, 2.24) is 4.90 Å². The first-order valence-electron chi connectivity index (χ1n) is 21.5. The molecule has 4 nitrogen and oxygen atoms in total. The van der Waals surface area contributed by atoms with Crippen molar-refractivity contribution in [3.05, 3.63) is 0 Å². The van der Waals surface area contributed by atoms with E-state index in [-0.39, 0.29) is 9.87 Å². The molecule has 0 bridgehead atoms.